The van der Waals surface area contributed by atoms with E-state index >= 15 is 0 Å². The third-order valence-corrected chi connectivity index (χ3v) is 24.5. The maximum atomic E-state index is 13.3. The lowest BCUT2D eigenvalue weighted by Crippen LogP contribution is -2.32. The Hall–Kier alpha value is -0.250. The summed E-state index contributed by atoms with van der Waals surface area (Å²) in [4.78, 5) is 0. The first kappa shape index (κ1) is 44.3. The van der Waals surface area contributed by atoms with Gasteiger partial charge in [-0.2, -0.15) is 0 Å². The number of hydrogen-bond donors (Lipinski definition) is 0. The van der Waals surface area contributed by atoms with Crippen LogP contribution in [0.2, 0.25) is 0 Å². The van der Waals surface area contributed by atoms with E-state index in [1.54, 1.807) is 0 Å². The zero-order valence-electron chi connectivity index (χ0n) is 33.1. The van der Waals surface area contributed by atoms with Crippen LogP contribution in [-0.4, -0.2) is 99.6 Å². The molecule has 0 aromatic rings. The lowest BCUT2D eigenvalue weighted by Gasteiger charge is -2.32. The average molecular weight is 871 g/mol. The van der Waals surface area contributed by atoms with Crippen LogP contribution in [-0.2, 0) is 49.2 Å². The maximum absolute atomic E-state index is 13.3. The minimum atomic E-state index is -3.27. The van der Waals surface area contributed by atoms with Gasteiger partial charge in [0.1, 0.15) is 0 Å². The summed E-state index contributed by atoms with van der Waals surface area (Å²) >= 11 is 0. The van der Waals surface area contributed by atoms with E-state index in [-0.39, 0.29) is 117 Å². The monoisotopic (exact) mass is 870 g/mol. The van der Waals surface area contributed by atoms with Crippen molar-refractivity contribution < 1.29 is 42.1 Å². The Morgan fingerprint density at radius 2 is 0.236 bits per heavy atom. The van der Waals surface area contributed by atoms with Gasteiger partial charge in [0.2, 0.25) is 0 Å². The molecule has 0 N–H and O–H groups in total. The molecule has 6 saturated heterocycles. The van der Waals surface area contributed by atoms with Crippen LogP contribution in [0.1, 0.15) is 128 Å². The summed E-state index contributed by atoms with van der Waals surface area (Å²) in [6, 6.07) is 0. The van der Waals surface area contributed by atoms with Crippen LogP contribution < -0.4 is 0 Å². The van der Waals surface area contributed by atoms with E-state index in [2.05, 4.69) is 0 Å². The molecule has 320 valence electrons. The van der Waals surface area contributed by atoms with Gasteiger partial charge >= 0.3 is 0 Å². The zero-order valence-corrected chi connectivity index (χ0v) is 37.2. The van der Waals surface area contributed by atoms with E-state index in [4.69, 9.17) is 0 Å². The van der Waals surface area contributed by atoms with Crippen LogP contribution in [0.25, 0.3) is 0 Å². The molecule has 11 fully saturated rings. The molecule has 0 amide bonds. The van der Waals surface area contributed by atoms with Crippen LogP contribution in [0.3, 0.4) is 0 Å². The molecule has 0 unspecified atom stereocenters. The highest BCUT2D eigenvalue weighted by molar-refractivity contribution is 7.92. The second-order valence-electron chi connectivity index (χ2n) is 19.8. The van der Waals surface area contributed by atoms with Crippen molar-refractivity contribution in [2.45, 2.75) is 128 Å². The van der Waals surface area contributed by atoms with Gasteiger partial charge in [0.25, 0.3) is 0 Å². The predicted octanol–water partition coefficient (Wildman–Crippen LogP) is 6.11. The molecule has 0 aromatic carbocycles. The van der Waals surface area contributed by atoms with E-state index < -0.39 is 49.2 Å². The van der Waals surface area contributed by atoms with Gasteiger partial charge in [0.15, 0.2) is 49.2 Å². The largest absolute Gasteiger partial charge is 0.229 e. The van der Waals surface area contributed by atoms with Crippen LogP contribution >= 0.6 is 0 Å². The van der Waals surface area contributed by atoms with Crippen molar-refractivity contribution in [3.05, 3.63) is 0 Å². The molecule has 11 rings (SSSR count). The Balaban J connectivity index is 1.05. The molecule has 10 nitrogen and oxygen atoms in total. The van der Waals surface area contributed by atoms with Gasteiger partial charge in [-0.25, -0.2) is 42.1 Å². The summed E-state index contributed by atoms with van der Waals surface area (Å²) in [5.74, 6) is 2.02. The van der Waals surface area contributed by atoms with Gasteiger partial charge in [0, 0.05) is 0 Å². The van der Waals surface area contributed by atoms with Gasteiger partial charge in [0.05, 0.1) is 57.5 Å². The van der Waals surface area contributed by atoms with Crippen molar-refractivity contribution in [2.75, 3.05) is 57.5 Å². The Bertz CT molecular complexity index is 1390. The van der Waals surface area contributed by atoms with Gasteiger partial charge in [-0.3, -0.25) is 0 Å². The number of rotatable bonds is 0. The van der Waals surface area contributed by atoms with Crippen LogP contribution in [0.15, 0.2) is 0 Å². The fourth-order valence-corrected chi connectivity index (χ4v) is 23.0. The molecule has 5 saturated carbocycles. The third-order valence-electron chi connectivity index (χ3n) is 14.7. The molecular weight excluding hydrogens is 801 g/mol. The van der Waals surface area contributed by atoms with Crippen LogP contribution in [0.4, 0.5) is 0 Å². The van der Waals surface area contributed by atoms with Crippen molar-refractivity contribution in [3.63, 3.8) is 0 Å². The first-order valence-electron chi connectivity index (χ1n) is 21.8. The summed E-state index contributed by atoms with van der Waals surface area (Å²) in [7, 11) is -16.4. The molecule has 11 aliphatic rings. The number of fused-ring (bicyclic) bond motifs is 5. The van der Waals surface area contributed by atoms with Crippen molar-refractivity contribution in [1.29, 1.82) is 0 Å². The predicted molar refractivity (Wildman–Crippen MR) is 221 cm³/mol. The van der Waals surface area contributed by atoms with Crippen LogP contribution in [0, 0.1) is 59.2 Å². The van der Waals surface area contributed by atoms with E-state index in [1.807, 2.05) is 0 Å². The van der Waals surface area contributed by atoms with E-state index in [9.17, 15) is 42.1 Å². The molecule has 6 aliphatic heterocycles. The highest BCUT2D eigenvalue weighted by Crippen LogP contribution is 2.38. The topological polar surface area (TPSA) is 171 Å². The third kappa shape index (κ3) is 14.5. The smallest absolute Gasteiger partial charge is 0.150 e. The molecule has 55 heavy (non-hydrogen) atoms. The fourth-order valence-electron chi connectivity index (χ4n) is 11.8. The first-order chi connectivity index (χ1) is 25.8. The van der Waals surface area contributed by atoms with Gasteiger partial charge in [-0.05, 0) is 188 Å². The van der Waals surface area contributed by atoms with E-state index in [1.165, 1.54) is 0 Å². The lowest BCUT2D eigenvalue weighted by molar-refractivity contribution is 0.297. The Morgan fingerprint density at radius 1 is 0.164 bits per heavy atom. The normalized spacial score (nSPS) is 41.8. The molecule has 6 heterocycles. The van der Waals surface area contributed by atoms with Gasteiger partial charge in [-0.15, -0.1) is 0 Å². The first-order valence-corrected chi connectivity index (χ1v) is 30.9. The second-order valence-corrected chi connectivity index (χ2v) is 30.6. The minimum Gasteiger partial charge on any atom is -0.229 e. The quantitative estimate of drug-likeness (QED) is 0.277. The summed E-state index contributed by atoms with van der Waals surface area (Å²) in [5, 5.41) is 0. The zero-order chi connectivity index (χ0) is 39.5. The van der Waals surface area contributed by atoms with Gasteiger partial charge < -0.3 is 0 Å². The molecule has 0 spiro atoms. The molecule has 0 radical (unpaired) electrons. The van der Waals surface area contributed by atoms with Crippen molar-refractivity contribution >= 4 is 49.2 Å². The summed E-state index contributed by atoms with van der Waals surface area (Å²) in [6.45, 7) is 0. The highest BCUT2D eigenvalue weighted by atomic mass is 32.2. The molecular formula is C40H70O10S5. The fraction of sp³-hybridized carbons (Fsp3) is 1.00. The number of hydrogen-bond acceptors (Lipinski definition) is 10. The van der Waals surface area contributed by atoms with E-state index in [0.29, 0.717) is 0 Å². The number of sulfone groups is 5. The maximum Gasteiger partial charge on any atom is 0.150 e. The molecule has 15 heteroatoms. The molecule has 0 atom stereocenters. The van der Waals surface area contributed by atoms with E-state index in [0.717, 1.165) is 128 Å². The highest BCUT2D eigenvalue weighted by Gasteiger charge is 2.36. The standard InChI is InChI=1S/C40H70O10S5/c41-51(42)21-31-1-2-32(4-3-31)22-52(43,44)24-34-9-11-36(12-10-34)26-54(47,48)28-38-17-19-40(20-18-38)30-55(49,50)29-39-15-13-37(14-16-39)27-53(45,46)25-35-7-5-33(23-51)6-8-35/h31-40H,1-30H2. The lowest BCUT2D eigenvalue weighted by atomic mass is 9.84. The molecule has 10 bridgehead atoms. The van der Waals surface area contributed by atoms with Crippen molar-refractivity contribution in [2.24, 2.45) is 59.2 Å². The van der Waals surface area contributed by atoms with Crippen molar-refractivity contribution in [1.82, 2.24) is 0 Å². The van der Waals surface area contributed by atoms with Gasteiger partial charge in [-0.1, -0.05) is 0 Å². The summed E-state index contributed by atoms with van der Waals surface area (Å²) in [6.07, 6.45) is 14.6. The Kier molecular flexibility index (Phi) is 15.0. The SMILES string of the molecule is O=S1(=O)CC2CCC(CC2)CS(=O)(=O)CC2CCC(CC2)CS(=O)(=O)CC2CCC(CC2)CS(=O)(=O)CC2CCC(CC2)CS(=O)(=O)CC2CCC(CC2)C1. The second kappa shape index (κ2) is 18.6. The molecule has 5 aliphatic carbocycles. The molecule has 0 aromatic heterocycles. The van der Waals surface area contributed by atoms with Crippen molar-refractivity contribution in [3.8, 4) is 0 Å². The Labute approximate surface area is 334 Å². The van der Waals surface area contributed by atoms with Crippen LogP contribution in [0.5, 0.6) is 0 Å². The summed E-state index contributed by atoms with van der Waals surface area (Å²) in [5.41, 5.74) is 0. The average Bonchev–Trinajstić information content (AvgIpc) is 3.07. The summed E-state index contributed by atoms with van der Waals surface area (Å²) < 4.78 is 133. The minimum absolute atomic E-state index is 0.0544. The Morgan fingerprint density at radius 3 is 0.309 bits per heavy atom.